The highest BCUT2D eigenvalue weighted by atomic mass is 35.5. The van der Waals surface area contributed by atoms with E-state index in [4.69, 9.17) is 23.2 Å². The Bertz CT molecular complexity index is 1030. The summed E-state index contributed by atoms with van der Waals surface area (Å²) in [5.41, 5.74) is 2.17. The molecule has 27 heavy (non-hydrogen) atoms. The maximum absolute atomic E-state index is 13.5. The molecule has 0 saturated heterocycles. The van der Waals surface area contributed by atoms with Crippen molar-refractivity contribution in [2.45, 2.75) is 13.0 Å². The average molecular weight is 424 g/mol. The monoisotopic (exact) mass is 423 g/mol. The largest absolute Gasteiger partial charge is 0.305 e. The first-order valence-corrected chi connectivity index (χ1v) is 8.67. The van der Waals surface area contributed by atoms with Crippen LogP contribution in [0.15, 0.2) is 42.7 Å². The van der Waals surface area contributed by atoms with Crippen molar-refractivity contribution in [3.63, 3.8) is 0 Å². The fourth-order valence-corrected chi connectivity index (χ4v) is 3.41. The minimum Gasteiger partial charge on any atom is -0.305 e. The van der Waals surface area contributed by atoms with Crippen molar-refractivity contribution in [2.24, 2.45) is 0 Å². The molecule has 3 heterocycles. The minimum atomic E-state index is -0.611. The molecular formula is C18H15Cl2FN4OS. The standard InChI is InChI=1S/C18H13Cl2FN4O.H2S/c1-10-9-24(12-2-3-14(19)15(20)7-12)18(26)17-13(8-23-25(10)17)11-4-5-22-16(21)6-11;/h2-8,10H,9H2,1H3;1H2/t10-;/m0./s1/i21-1;. The number of hydrogen-bond acceptors (Lipinski definition) is 3. The predicted molar refractivity (Wildman–Crippen MR) is 109 cm³/mol. The summed E-state index contributed by atoms with van der Waals surface area (Å²) in [5, 5.41) is 5.13. The lowest BCUT2D eigenvalue weighted by atomic mass is 10.0. The van der Waals surface area contributed by atoms with Gasteiger partial charge >= 0.3 is 0 Å². The molecule has 1 aromatic carbocycles. The minimum absolute atomic E-state index is 0. The fourth-order valence-electron chi connectivity index (χ4n) is 3.12. The van der Waals surface area contributed by atoms with Gasteiger partial charge < -0.3 is 4.90 Å². The van der Waals surface area contributed by atoms with E-state index >= 15 is 0 Å². The van der Waals surface area contributed by atoms with Gasteiger partial charge in [0.25, 0.3) is 5.91 Å². The van der Waals surface area contributed by atoms with Crippen LogP contribution in [0.3, 0.4) is 0 Å². The third kappa shape index (κ3) is 3.42. The van der Waals surface area contributed by atoms with Crippen molar-refractivity contribution in [3.8, 4) is 11.1 Å². The molecular weight excluding hydrogens is 409 g/mol. The Hall–Kier alpha value is -2.09. The number of nitrogens with zero attached hydrogens (tertiary/aromatic N) is 4. The molecule has 140 valence electrons. The summed E-state index contributed by atoms with van der Waals surface area (Å²) in [6.45, 7) is 2.40. The molecule has 1 atom stereocenters. The van der Waals surface area contributed by atoms with Gasteiger partial charge in [-0.05, 0) is 36.8 Å². The van der Waals surface area contributed by atoms with Crippen molar-refractivity contribution in [2.75, 3.05) is 11.4 Å². The van der Waals surface area contributed by atoms with Crippen molar-refractivity contribution < 1.29 is 9.18 Å². The summed E-state index contributed by atoms with van der Waals surface area (Å²) < 4.78 is 15.2. The average Bonchev–Trinajstić information content (AvgIpc) is 3.06. The van der Waals surface area contributed by atoms with Crippen molar-refractivity contribution in [3.05, 3.63) is 64.4 Å². The van der Waals surface area contributed by atoms with E-state index in [-0.39, 0.29) is 25.4 Å². The van der Waals surface area contributed by atoms with Crippen molar-refractivity contribution >= 4 is 48.3 Å². The molecule has 1 amide bonds. The summed E-state index contributed by atoms with van der Waals surface area (Å²) in [7, 11) is 0. The Kier molecular flexibility index (Phi) is 5.46. The van der Waals surface area contributed by atoms with Crippen LogP contribution in [0.5, 0.6) is 0 Å². The lowest BCUT2D eigenvalue weighted by molar-refractivity contribution is 0.0954. The number of benzene rings is 1. The Morgan fingerprint density at radius 3 is 2.67 bits per heavy atom. The number of fused-ring (bicyclic) bond motifs is 1. The zero-order valence-corrected chi connectivity index (χ0v) is 16.7. The van der Waals surface area contributed by atoms with E-state index in [9.17, 15) is 9.18 Å². The molecule has 0 unspecified atom stereocenters. The molecule has 9 heteroatoms. The van der Waals surface area contributed by atoms with Crippen LogP contribution >= 0.6 is 36.7 Å². The first-order chi connectivity index (χ1) is 12.5. The third-order valence-electron chi connectivity index (χ3n) is 4.36. The second-order valence-corrected chi connectivity index (χ2v) is 6.90. The van der Waals surface area contributed by atoms with E-state index in [1.54, 1.807) is 40.0 Å². The molecule has 4 rings (SSSR count). The van der Waals surface area contributed by atoms with E-state index in [0.29, 0.717) is 39.1 Å². The van der Waals surface area contributed by atoms with Crippen LogP contribution < -0.4 is 4.90 Å². The highest BCUT2D eigenvalue weighted by Gasteiger charge is 2.34. The molecule has 0 saturated carbocycles. The first kappa shape index (κ1) is 19.7. The number of pyridine rings is 1. The summed E-state index contributed by atoms with van der Waals surface area (Å²) in [5.74, 6) is -0.841. The normalized spacial score (nSPS) is 16.1. The number of halogens is 3. The third-order valence-corrected chi connectivity index (χ3v) is 5.10. The van der Waals surface area contributed by atoms with Gasteiger partial charge in [-0.25, -0.2) is 4.98 Å². The molecule has 1 aliphatic rings. The van der Waals surface area contributed by atoms with E-state index in [0.717, 1.165) is 0 Å². The number of rotatable bonds is 2. The Balaban J connectivity index is 0.00000210. The van der Waals surface area contributed by atoms with Gasteiger partial charge in [0.1, 0.15) is 5.69 Å². The van der Waals surface area contributed by atoms with Gasteiger partial charge in [-0.1, -0.05) is 23.2 Å². The molecule has 0 fully saturated rings. The van der Waals surface area contributed by atoms with Gasteiger partial charge in [0.2, 0.25) is 5.95 Å². The van der Waals surface area contributed by atoms with Crippen LogP contribution in [0.25, 0.3) is 11.1 Å². The molecule has 5 nitrogen and oxygen atoms in total. The van der Waals surface area contributed by atoms with Gasteiger partial charge in [-0.2, -0.15) is 23.0 Å². The van der Waals surface area contributed by atoms with Crippen LogP contribution in [-0.2, 0) is 0 Å². The molecule has 0 N–H and O–H groups in total. The van der Waals surface area contributed by atoms with Crippen LogP contribution in [0, 0.1) is 5.95 Å². The zero-order chi connectivity index (χ0) is 18.4. The van der Waals surface area contributed by atoms with Crippen LogP contribution in [0.4, 0.5) is 10.1 Å². The molecule has 1 aliphatic heterocycles. The van der Waals surface area contributed by atoms with Gasteiger partial charge in [0.05, 0.1) is 22.3 Å². The summed E-state index contributed by atoms with van der Waals surface area (Å²) in [4.78, 5) is 18.4. The van der Waals surface area contributed by atoms with E-state index < -0.39 is 5.95 Å². The molecule has 0 radical (unpaired) electrons. The topological polar surface area (TPSA) is 51.0 Å². The number of carbonyl (C=O) groups is 1. The summed E-state index contributed by atoms with van der Waals surface area (Å²) >= 11 is 12.1. The predicted octanol–water partition coefficient (Wildman–Crippen LogP) is 4.73. The Labute approximate surface area is 172 Å². The Morgan fingerprint density at radius 1 is 1.19 bits per heavy atom. The highest BCUT2D eigenvalue weighted by molar-refractivity contribution is 7.59. The SMILES string of the molecule is C[C@H]1CN(c2ccc(Cl)c(Cl)c2)C(=O)c2c(-c3ccnc([18F])c3)cnn21.S. The molecule has 2 aromatic heterocycles. The van der Waals surface area contributed by atoms with Gasteiger partial charge in [-0.15, -0.1) is 0 Å². The van der Waals surface area contributed by atoms with Crippen LogP contribution in [0.2, 0.25) is 10.0 Å². The number of anilines is 1. The fraction of sp³-hybridized carbons (Fsp3) is 0.167. The smallest absolute Gasteiger partial charge is 0.277 e. The zero-order valence-electron chi connectivity index (χ0n) is 14.2. The van der Waals surface area contributed by atoms with Gasteiger partial charge in [-0.3, -0.25) is 9.48 Å². The van der Waals surface area contributed by atoms with Crippen LogP contribution in [0.1, 0.15) is 23.5 Å². The first-order valence-electron chi connectivity index (χ1n) is 7.92. The van der Waals surface area contributed by atoms with Crippen molar-refractivity contribution in [1.82, 2.24) is 14.8 Å². The highest BCUT2D eigenvalue weighted by Crippen LogP contribution is 2.34. The molecule has 0 aliphatic carbocycles. The van der Waals surface area contributed by atoms with E-state index in [1.807, 2.05) is 6.92 Å². The van der Waals surface area contributed by atoms with E-state index in [1.165, 1.54) is 12.3 Å². The summed E-state index contributed by atoms with van der Waals surface area (Å²) in [6.07, 6.45) is 2.94. The lowest BCUT2D eigenvalue weighted by Crippen LogP contribution is -2.42. The number of aromatic nitrogens is 3. The number of hydrogen-bond donors (Lipinski definition) is 0. The van der Waals surface area contributed by atoms with Gasteiger partial charge in [0, 0.05) is 30.1 Å². The number of carbonyl (C=O) groups excluding carboxylic acids is 1. The maximum atomic E-state index is 13.5. The molecule has 3 aromatic rings. The maximum Gasteiger partial charge on any atom is 0.277 e. The Morgan fingerprint density at radius 2 is 1.96 bits per heavy atom. The quantitative estimate of drug-likeness (QED) is 0.560. The molecule has 0 spiro atoms. The van der Waals surface area contributed by atoms with Gasteiger partial charge in [0.15, 0.2) is 0 Å². The molecule has 0 bridgehead atoms. The van der Waals surface area contributed by atoms with E-state index in [2.05, 4.69) is 10.1 Å². The summed E-state index contributed by atoms with van der Waals surface area (Å²) in [6, 6.07) is 7.94. The lowest BCUT2D eigenvalue weighted by Gasteiger charge is -2.32. The van der Waals surface area contributed by atoms with Crippen LogP contribution in [-0.4, -0.2) is 27.2 Å². The second-order valence-electron chi connectivity index (χ2n) is 6.08. The second kappa shape index (κ2) is 7.50. The van der Waals surface area contributed by atoms with Crippen molar-refractivity contribution in [1.29, 1.82) is 0 Å². The number of amides is 1.